The number of piperidine rings is 1. The quantitative estimate of drug-likeness (QED) is 0.674. The largest absolute Gasteiger partial charge is 0.467 e. The lowest BCUT2D eigenvalue weighted by atomic mass is 9.97. The molecule has 2 N–H and O–H groups in total. The molecule has 2 aromatic rings. The van der Waals surface area contributed by atoms with Crippen LogP contribution in [0.25, 0.3) is 0 Å². The molecule has 9 nitrogen and oxygen atoms in total. The zero-order valence-electron chi connectivity index (χ0n) is 16.6. The summed E-state index contributed by atoms with van der Waals surface area (Å²) in [6, 6.07) is 7.77. The van der Waals surface area contributed by atoms with Gasteiger partial charge < -0.3 is 19.4 Å². The molecule has 1 aromatic carbocycles. The van der Waals surface area contributed by atoms with E-state index in [0.29, 0.717) is 30.7 Å². The van der Waals surface area contributed by atoms with Gasteiger partial charge in [-0.25, -0.2) is 9.18 Å². The average Bonchev–Trinajstić information content (AvgIpc) is 3.30. The summed E-state index contributed by atoms with van der Waals surface area (Å²) in [5, 5.41) is 4.48. The third kappa shape index (κ3) is 6.39. The molecule has 0 saturated carbocycles. The maximum atomic E-state index is 13.0. The number of rotatable bonds is 6. The summed E-state index contributed by atoms with van der Waals surface area (Å²) in [7, 11) is 0. The number of carbonyl (C=O) groups excluding carboxylic acids is 4. The SMILES string of the molecule is O=C(COC(=O)C1CCCN(C(=O)c2ccc(F)cc2)C1)NC(=O)NCc1ccco1. The number of hydrogen-bond acceptors (Lipinski definition) is 6. The summed E-state index contributed by atoms with van der Waals surface area (Å²) in [4.78, 5) is 49.9. The van der Waals surface area contributed by atoms with E-state index < -0.39 is 36.2 Å². The molecule has 10 heteroatoms. The van der Waals surface area contributed by atoms with Crippen molar-refractivity contribution in [3.8, 4) is 0 Å². The minimum Gasteiger partial charge on any atom is -0.467 e. The van der Waals surface area contributed by atoms with Gasteiger partial charge in [0.25, 0.3) is 11.8 Å². The lowest BCUT2D eigenvalue weighted by molar-refractivity contribution is -0.153. The molecule has 1 aliphatic heterocycles. The number of nitrogens with one attached hydrogen (secondary N) is 2. The zero-order valence-corrected chi connectivity index (χ0v) is 16.6. The zero-order chi connectivity index (χ0) is 22.2. The van der Waals surface area contributed by atoms with E-state index in [0.717, 1.165) is 0 Å². The lowest BCUT2D eigenvalue weighted by Crippen LogP contribution is -2.44. The van der Waals surface area contributed by atoms with Gasteiger partial charge in [-0.15, -0.1) is 0 Å². The first kappa shape index (κ1) is 22.0. The van der Waals surface area contributed by atoms with Crippen LogP contribution >= 0.6 is 0 Å². The Bertz CT molecular complexity index is 929. The number of amides is 4. The highest BCUT2D eigenvalue weighted by molar-refractivity contribution is 5.96. The molecule has 164 valence electrons. The first-order valence-corrected chi connectivity index (χ1v) is 9.74. The predicted molar refractivity (Wildman–Crippen MR) is 105 cm³/mol. The standard InChI is InChI=1S/C21H22FN3O6/c22-16-7-5-14(6-8-16)19(27)25-9-1-3-15(12-25)20(28)31-13-18(26)24-21(29)23-11-17-4-2-10-30-17/h2,4-8,10,15H,1,3,9,11-13H2,(H2,23,24,26,29). The first-order chi connectivity index (χ1) is 14.9. The van der Waals surface area contributed by atoms with Crippen LogP contribution in [0.1, 0.15) is 29.0 Å². The van der Waals surface area contributed by atoms with E-state index in [1.54, 1.807) is 12.1 Å². The second-order valence-electron chi connectivity index (χ2n) is 7.02. The number of halogens is 1. The summed E-state index contributed by atoms with van der Waals surface area (Å²) in [5.41, 5.74) is 0.329. The van der Waals surface area contributed by atoms with E-state index in [4.69, 9.17) is 9.15 Å². The fourth-order valence-electron chi connectivity index (χ4n) is 3.17. The van der Waals surface area contributed by atoms with Crippen molar-refractivity contribution in [3.05, 3.63) is 59.8 Å². The number of esters is 1. The maximum absolute atomic E-state index is 13.0. The minimum atomic E-state index is -0.777. The normalized spacial score (nSPS) is 15.8. The number of furan rings is 1. The molecule has 4 amide bonds. The number of urea groups is 1. The van der Waals surface area contributed by atoms with Crippen LogP contribution in [0.2, 0.25) is 0 Å². The van der Waals surface area contributed by atoms with Crippen molar-refractivity contribution in [1.29, 1.82) is 0 Å². The monoisotopic (exact) mass is 431 g/mol. The molecule has 0 aliphatic carbocycles. The number of ether oxygens (including phenoxy) is 1. The molecule has 1 fully saturated rings. The fraction of sp³-hybridized carbons (Fsp3) is 0.333. The van der Waals surface area contributed by atoms with Crippen molar-refractivity contribution in [2.45, 2.75) is 19.4 Å². The van der Waals surface area contributed by atoms with Gasteiger partial charge in [0.2, 0.25) is 0 Å². The minimum absolute atomic E-state index is 0.103. The Morgan fingerprint density at radius 1 is 1.16 bits per heavy atom. The lowest BCUT2D eigenvalue weighted by Gasteiger charge is -2.31. The molecular formula is C21H22FN3O6. The molecule has 1 atom stereocenters. The van der Waals surface area contributed by atoms with Crippen molar-refractivity contribution in [2.24, 2.45) is 5.92 Å². The number of likely N-dealkylation sites (tertiary alicyclic amines) is 1. The van der Waals surface area contributed by atoms with Crippen LogP contribution in [0.4, 0.5) is 9.18 Å². The average molecular weight is 431 g/mol. The summed E-state index contributed by atoms with van der Waals surface area (Å²) >= 11 is 0. The van der Waals surface area contributed by atoms with E-state index in [9.17, 15) is 23.6 Å². The molecule has 1 saturated heterocycles. The van der Waals surface area contributed by atoms with E-state index in [1.165, 1.54) is 35.4 Å². The van der Waals surface area contributed by atoms with Crippen LogP contribution in [0.15, 0.2) is 47.1 Å². The smallest absolute Gasteiger partial charge is 0.321 e. The third-order valence-electron chi connectivity index (χ3n) is 4.73. The second kappa shape index (κ2) is 10.4. The van der Waals surface area contributed by atoms with Gasteiger partial charge in [-0.1, -0.05) is 0 Å². The van der Waals surface area contributed by atoms with Gasteiger partial charge >= 0.3 is 12.0 Å². The van der Waals surface area contributed by atoms with Crippen molar-refractivity contribution in [1.82, 2.24) is 15.5 Å². The highest BCUT2D eigenvalue weighted by atomic mass is 19.1. The highest BCUT2D eigenvalue weighted by Gasteiger charge is 2.30. The van der Waals surface area contributed by atoms with Gasteiger partial charge in [0.05, 0.1) is 18.7 Å². The highest BCUT2D eigenvalue weighted by Crippen LogP contribution is 2.20. The summed E-state index contributed by atoms with van der Waals surface area (Å²) < 4.78 is 23.1. The summed E-state index contributed by atoms with van der Waals surface area (Å²) in [6.45, 7) is 0.0952. The fourth-order valence-corrected chi connectivity index (χ4v) is 3.17. The number of imide groups is 1. The van der Waals surface area contributed by atoms with Gasteiger partial charge in [0, 0.05) is 18.7 Å². The van der Waals surface area contributed by atoms with Crippen LogP contribution in [0.5, 0.6) is 0 Å². The molecule has 2 heterocycles. The molecule has 0 bridgehead atoms. The van der Waals surface area contributed by atoms with Crippen molar-refractivity contribution < 1.29 is 32.7 Å². The van der Waals surface area contributed by atoms with Crippen LogP contribution in [0.3, 0.4) is 0 Å². The van der Waals surface area contributed by atoms with Crippen molar-refractivity contribution >= 4 is 23.8 Å². The Hall–Kier alpha value is -3.69. The van der Waals surface area contributed by atoms with Gasteiger partial charge in [0.1, 0.15) is 11.6 Å². The Labute approximate surface area is 177 Å². The van der Waals surface area contributed by atoms with Gasteiger partial charge in [-0.3, -0.25) is 19.7 Å². The van der Waals surface area contributed by atoms with E-state index >= 15 is 0 Å². The van der Waals surface area contributed by atoms with Crippen molar-refractivity contribution in [3.63, 3.8) is 0 Å². The van der Waals surface area contributed by atoms with Gasteiger partial charge in [-0.2, -0.15) is 0 Å². The van der Waals surface area contributed by atoms with E-state index in [2.05, 4.69) is 10.6 Å². The number of nitrogens with zero attached hydrogens (tertiary/aromatic N) is 1. The number of benzene rings is 1. The molecule has 1 aliphatic rings. The molecule has 0 spiro atoms. The first-order valence-electron chi connectivity index (χ1n) is 9.74. The Morgan fingerprint density at radius 2 is 1.94 bits per heavy atom. The Kier molecular flexibility index (Phi) is 7.36. The topological polar surface area (TPSA) is 118 Å². The summed E-state index contributed by atoms with van der Waals surface area (Å²) in [6.07, 6.45) is 2.56. The van der Waals surface area contributed by atoms with Crippen LogP contribution < -0.4 is 10.6 Å². The Balaban J connectivity index is 1.42. The maximum Gasteiger partial charge on any atom is 0.321 e. The third-order valence-corrected chi connectivity index (χ3v) is 4.73. The Morgan fingerprint density at radius 3 is 2.65 bits per heavy atom. The molecule has 3 rings (SSSR count). The van der Waals surface area contributed by atoms with Crippen LogP contribution in [0, 0.1) is 11.7 Å². The molecule has 31 heavy (non-hydrogen) atoms. The van der Waals surface area contributed by atoms with E-state index in [1.807, 2.05) is 0 Å². The van der Waals surface area contributed by atoms with Crippen LogP contribution in [-0.2, 0) is 20.9 Å². The van der Waals surface area contributed by atoms with Crippen molar-refractivity contribution in [2.75, 3.05) is 19.7 Å². The molecular weight excluding hydrogens is 409 g/mol. The van der Waals surface area contributed by atoms with Gasteiger partial charge in [-0.05, 0) is 49.2 Å². The second-order valence-corrected chi connectivity index (χ2v) is 7.02. The summed E-state index contributed by atoms with van der Waals surface area (Å²) in [5.74, 6) is -2.21. The number of carbonyl (C=O) groups is 4. The van der Waals surface area contributed by atoms with E-state index in [-0.39, 0.29) is 19.0 Å². The number of hydrogen-bond donors (Lipinski definition) is 2. The molecule has 1 aromatic heterocycles. The van der Waals surface area contributed by atoms with Crippen LogP contribution in [-0.4, -0.2) is 48.4 Å². The predicted octanol–water partition coefficient (Wildman–Crippen LogP) is 1.84. The molecule has 0 radical (unpaired) electrons. The van der Waals surface area contributed by atoms with Gasteiger partial charge in [0.15, 0.2) is 6.61 Å². The molecule has 1 unspecified atom stereocenters.